The van der Waals surface area contributed by atoms with Crippen molar-refractivity contribution in [3.63, 3.8) is 0 Å². The van der Waals surface area contributed by atoms with Crippen molar-refractivity contribution in [1.82, 2.24) is 5.32 Å². The van der Waals surface area contributed by atoms with E-state index in [0.717, 1.165) is 12.8 Å². The molecule has 0 heterocycles. The molecule has 0 fully saturated rings. The normalized spacial score (nSPS) is 15.7. The lowest BCUT2D eigenvalue weighted by Crippen LogP contribution is -2.35. The number of hydrogen-bond acceptors (Lipinski definition) is 2. The number of ketones is 1. The molecule has 0 radical (unpaired) electrons. The highest BCUT2D eigenvalue weighted by molar-refractivity contribution is 5.83. The van der Waals surface area contributed by atoms with Gasteiger partial charge in [0.25, 0.3) is 0 Å². The van der Waals surface area contributed by atoms with Crippen molar-refractivity contribution in [2.45, 2.75) is 46.1 Å². The van der Waals surface area contributed by atoms with Crippen LogP contribution in [0.5, 0.6) is 0 Å². The average Bonchev–Trinajstić information content (AvgIpc) is 2.12. The van der Waals surface area contributed by atoms with Crippen molar-refractivity contribution in [2.75, 3.05) is 7.05 Å². The predicted molar refractivity (Wildman–Crippen MR) is 52.2 cm³/mol. The molecular weight excluding hydrogens is 150 g/mol. The second kappa shape index (κ2) is 6.18. The zero-order valence-electron chi connectivity index (χ0n) is 8.68. The van der Waals surface area contributed by atoms with Crippen molar-refractivity contribution in [3.8, 4) is 0 Å². The Hall–Kier alpha value is -0.370. The summed E-state index contributed by atoms with van der Waals surface area (Å²) >= 11 is 0. The molecule has 0 amide bonds. The average molecular weight is 171 g/mol. The predicted octanol–water partition coefficient (Wildman–Crippen LogP) is 1.99. The summed E-state index contributed by atoms with van der Waals surface area (Å²) in [5.74, 6) is 0.968. The van der Waals surface area contributed by atoms with Crippen LogP contribution >= 0.6 is 0 Å². The molecule has 2 nitrogen and oxygen atoms in total. The van der Waals surface area contributed by atoms with E-state index in [1.807, 2.05) is 14.0 Å². The maximum atomic E-state index is 11.3. The molecule has 72 valence electrons. The van der Waals surface area contributed by atoms with Crippen LogP contribution in [0.15, 0.2) is 0 Å². The van der Waals surface area contributed by atoms with Gasteiger partial charge in [-0.15, -0.1) is 0 Å². The van der Waals surface area contributed by atoms with Gasteiger partial charge < -0.3 is 5.32 Å². The minimum Gasteiger partial charge on any atom is -0.311 e. The van der Waals surface area contributed by atoms with Gasteiger partial charge in [0.1, 0.15) is 5.78 Å². The fourth-order valence-corrected chi connectivity index (χ4v) is 1.23. The lowest BCUT2D eigenvalue weighted by molar-refractivity contribution is -0.121. The quantitative estimate of drug-likeness (QED) is 0.662. The van der Waals surface area contributed by atoms with Crippen molar-refractivity contribution < 1.29 is 4.79 Å². The number of carbonyl (C=O) groups is 1. The highest BCUT2D eigenvalue weighted by Crippen LogP contribution is 2.10. The number of rotatable bonds is 6. The molecule has 2 atom stereocenters. The summed E-state index contributed by atoms with van der Waals surface area (Å²) in [6.07, 6.45) is 2.76. The van der Waals surface area contributed by atoms with Crippen LogP contribution in [0.3, 0.4) is 0 Å². The molecule has 0 aliphatic carbocycles. The van der Waals surface area contributed by atoms with E-state index in [0.29, 0.717) is 18.1 Å². The van der Waals surface area contributed by atoms with Crippen LogP contribution in [-0.2, 0) is 4.79 Å². The minimum atomic E-state index is 0.0740. The summed E-state index contributed by atoms with van der Waals surface area (Å²) in [7, 11) is 1.86. The molecular formula is C10H21NO. The Morgan fingerprint density at radius 1 is 1.42 bits per heavy atom. The molecule has 1 N–H and O–H groups in total. The standard InChI is InChI=1S/C10H21NO/c1-5-8(3)7-9(11-4)10(12)6-2/h8-9,11H,5-7H2,1-4H3. The lowest BCUT2D eigenvalue weighted by atomic mass is 9.96. The van der Waals surface area contributed by atoms with Crippen molar-refractivity contribution >= 4 is 5.78 Å². The first-order valence-electron chi connectivity index (χ1n) is 4.85. The summed E-state index contributed by atoms with van der Waals surface area (Å²) in [5, 5.41) is 3.07. The fourth-order valence-electron chi connectivity index (χ4n) is 1.23. The summed E-state index contributed by atoms with van der Waals surface area (Å²) < 4.78 is 0. The van der Waals surface area contributed by atoms with Crippen LogP contribution in [0.4, 0.5) is 0 Å². The van der Waals surface area contributed by atoms with E-state index in [4.69, 9.17) is 0 Å². The number of Topliss-reactive ketones (excluding diaryl/α,β-unsaturated/α-hetero) is 1. The first-order valence-corrected chi connectivity index (χ1v) is 4.85. The molecule has 12 heavy (non-hydrogen) atoms. The van der Waals surface area contributed by atoms with Crippen molar-refractivity contribution in [2.24, 2.45) is 5.92 Å². The summed E-state index contributed by atoms with van der Waals surface area (Å²) in [6, 6.07) is 0.0740. The maximum Gasteiger partial charge on any atom is 0.149 e. The van der Waals surface area contributed by atoms with Gasteiger partial charge in [-0.3, -0.25) is 4.79 Å². The number of hydrogen-bond donors (Lipinski definition) is 1. The molecule has 0 saturated carbocycles. The second-order valence-electron chi connectivity index (χ2n) is 3.41. The molecule has 0 aliphatic rings. The van der Waals surface area contributed by atoms with Gasteiger partial charge in [0.2, 0.25) is 0 Å². The molecule has 2 unspecified atom stereocenters. The number of nitrogens with one attached hydrogen (secondary N) is 1. The van der Waals surface area contributed by atoms with Gasteiger partial charge in [0.15, 0.2) is 0 Å². The maximum absolute atomic E-state index is 11.3. The van der Waals surface area contributed by atoms with Gasteiger partial charge in [-0.2, -0.15) is 0 Å². The van der Waals surface area contributed by atoms with E-state index in [-0.39, 0.29) is 6.04 Å². The fraction of sp³-hybridized carbons (Fsp3) is 0.900. The Kier molecular flexibility index (Phi) is 5.99. The Morgan fingerprint density at radius 2 is 2.00 bits per heavy atom. The van der Waals surface area contributed by atoms with Gasteiger partial charge in [-0.05, 0) is 19.4 Å². The summed E-state index contributed by atoms with van der Waals surface area (Å²) in [4.78, 5) is 11.3. The zero-order chi connectivity index (χ0) is 9.56. The van der Waals surface area contributed by atoms with E-state index in [1.165, 1.54) is 0 Å². The van der Waals surface area contributed by atoms with E-state index in [1.54, 1.807) is 0 Å². The van der Waals surface area contributed by atoms with Gasteiger partial charge in [-0.25, -0.2) is 0 Å². The van der Waals surface area contributed by atoms with Crippen LogP contribution in [0.2, 0.25) is 0 Å². The van der Waals surface area contributed by atoms with E-state index >= 15 is 0 Å². The lowest BCUT2D eigenvalue weighted by Gasteiger charge is -2.17. The molecule has 2 heteroatoms. The molecule has 0 spiro atoms. The van der Waals surface area contributed by atoms with E-state index in [2.05, 4.69) is 19.2 Å². The minimum absolute atomic E-state index is 0.0740. The van der Waals surface area contributed by atoms with Crippen molar-refractivity contribution in [1.29, 1.82) is 0 Å². The third kappa shape index (κ3) is 3.86. The Morgan fingerprint density at radius 3 is 2.33 bits per heavy atom. The van der Waals surface area contributed by atoms with Crippen LogP contribution in [0.25, 0.3) is 0 Å². The van der Waals surface area contributed by atoms with Crippen molar-refractivity contribution in [3.05, 3.63) is 0 Å². The molecule has 0 saturated heterocycles. The summed E-state index contributed by atoms with van der Waals surface area (Å²) in [5.41, 5.74) is 0. The zero-order valence-corrected chi connectivity index (χ0v) is 8.68. The van der Waals surface area contributed by atoms with Crippen LogP contribution in [-0.4, -0.2) is 18.9 Å². The smallest absolute Gasteiger partial charge is 0.149 e. The Labute approximate surface area is 75.7 Å². The van der Waals surface area contributed by atoms with Crippen LogP contribution < -0.4 is 5.32 Å². The third-order valence-electron chi connectivity index (χ3n) is 2.42. The topological polar surface area (TPSA) is 29.1 Å². The molecule has 0 bridgehead atoms. The molecule has 0 aromatic heterocycles. The highest BCUT2D eigenvalue weighted by Gasteiger charge is 2.16. The molecule has 0 aliphatic heterocycles. The Bertz CT molecular complexity index is 134. The van der Waals surface area contributed by atoms with Gasteiger partial charge in [0.05, 0.1) is 6.04 Å². The number of carbonyl (C=O) groups excluding carboxylic acids is 1. The van der Waals surface area contributed by atoms with Crippen LogP contribution in [0.1, 0.15) is 40.0 Å². The SMILES string of the molecule is CCC(=O)C(CC(C)CC)NC. The Balaban J connectivity index is 3.90. The molecule has 0 aromatic rings. The molecule has 0 rings (SSSR count). The second-order valence-corrected chi connectivity index (χ2v) is 3.41. The van der Waals surface area contributed by atoms with Gasteiger partial charge in [0, 0.05) is 6.42 Å². The molecule has 0 aromatic carbocycles. The number of likely N-dealkylation sites (N-methyl/N-ethyl adjacent to an activating group) is 1. The van der Waals surface area contributed by atoms with E-state index in [9.17, 15) is 4.79 Å². The third-order valence-corrected chi connectivity index (χ3v) is 2.42. The van der Waals surface area contributed by atoms with Gasteiger partial charge in [-0.1, -0.05) is 27.2 Å². The van der Waals surface area contributed by atoms with Gasteiger partial charge >= 0.3 is 0 Å². The monoisotopic (exact) mass is 171 g/mol. The first-order chi connectivity index (χ1) is 5.65. The highest BCUT2D eigenvalue weighted by atomic mass is 16.1. The first kappa shape index (κ1) is 11.6. The van der Waals surface area contributed by atoms with Crippen LogP contribution in [0, 0.1) is 5.92 Å². The largest absolute Gasteiger partial charge is 0.311 e. The summed E-state index contributed by atoms with van der Waals surface area (Å²) in [6.45, 7) is 6.27. The van der Waals surface area contributed by atoms with E-state index < -0.39 is 0 Å².